The first-order valence-corrected chi connectivity index (χ1v) is 7.29. The van der Waals surface area contributed by atoms with Crippen LogP contribution in [-0.2, 0) is 13.0 Å². The van der Waals surface area contributed by atoms with Crippen LogP contribution in [0.4, 0.5) is 0 Å². The fourth-order valence-electron chi connectivity index (χ4n) is 2.01. The number of hydrogen-bond acceptors (Lipinski definition) is 4. The Balaban J connectivity index is 1.75. The number of nitrogens with one attached hydrogen (secondary N) is 1. The molecular formula is C15H16N2OS. The summed E-state index contributed by atoms with van der Waals surface area (Å²) in [5.41, 5.74) is 1.07. The van der Waals surface area contributed by atoms with Crippen LogP contribution in [0.15, 0.2) is 40.8 Å². The molecule has 0 fully saturated rings. The average molecular weight is 272 g/mol. The molecule has 98 valence electrons. The van der Waals surface area contributed by atoms with Crippen LogP contribution in [0.25, 0.3) is 10.2 Å². The number of benzene rings is 1. The Hall–Kier alpha value is -1.65. The molecule has 0 bridgehead atoms. The van der Waals surface area contributed by atoms with Crippen molar-refractivity contribution in [2.75, 3.05) is 6.54 Å². The van der Waals surface area contributed by atoms with Crippen molar-refractivity contribution in [2.45, 2.75) is 19.9 Å². The number of nitrogens with zero attached hydrogens (tertiary/aromatic N) is 1. The van der Waals surface area contributed by atoms with Crippen LogP contribution in [0.1, 0.15) is 23.5 Å². The van der Waals surface area contributed by atoms with E-state index in [2.05, 4.69) is 23.3 Å². The smallest absolute Gasteiger partial charge is 0.117 e. The summed E-state index contributed by atoms with van der Waals surface area (Å²) >= 11 is 1.73. The molecule has 0 saturated carbocycles. The monoisotopic (exact) mass is 272 g/mol. The van der Waals surface area contributed by atoms with Crippen molar-refractivity contribution in [3.63, 3.8) is 0 Å². The van der Waals surface area contributed by atoms with Crippen molar-refractivity contribution >= 4 is 21.6 Å². The average Bonchev–Trinajstić information content (AvgIpc) is 3.02. The maximum absolute atomic E-state index is 5.79. The number of thiazole rings is 1. The Kier molecular flexibility index (Phi) is 3.62. The van der Waals surface area contributed by atoms with Crippen LogP contribution < -0.4 is 5.32 Å². The van der Waals surface area contributed by atoms with Gasteiger partial charge in [-0.05, 0) is 30.8 Å². The maximum Gasteiger partial charge on any atom is 0.117 e. The van der Waals surface area contributed by atoms with Gasteiger partial charge in [0.1, 0.15) is 16.5 Å². The van der Waals surface area contributed by atoms with Crippen molar-refractivity contribution < 1.29 is 4.42 Å². The van der Waals surface area contributed by atoms with Gasteiger partial charge in [-0.1, -0.05) is 19.1 Å². The molecule has 0 saturated heterocycles. The van der Waals surface area contributed by atoms with Crippen LogP contribution in [0.2, 0.25) is 0 Å². The quantitative estimate of drug-likeness (QED) is 0.771. The number of furan rings is 1. The van der Waals surface area contributed by atoms with Gasteiger partial charge < -0.3 is 9.73 Å². The number of fused-ring (bicyclic) bond motifs is 1. The van der Waals surface area contributed by atoms with Gasteiger partial charge in [-0.15, -0.1) is 11.3 Å². The van der Waals surface area contributed by atoms with Crippen LogP contribution >= 0.6 is 11.3 Å². The summed E-state index contributed by atoms with van der Waals surface area (Å²) in [6, 6.07) is 12.3. The highest BCUT2D eigenvalue weighted by Crippen LogP contribution is 2.24. The summed E-state index contributed by atoms with van der Waals surface area (Å²) in [5.74, 6) is 1.96. The topological polar surface area (TPSA) is 38.1 Å². The van der Waals surface area contributed by atoms with Crippen molar-refractivity contribution in [2.24, 2.45) is 0 Å². The molecule has 3 aromatic rings. The Morgan fingerprint density at radius 2 is 2.00 bits per heavy atom. The first-order valence-electron chi connectivity index (χ1n) is 6.48. The SMILES string of the molecule is CCNCc1ccc(Cc2nc3ccccc3s2)o1. The minimum absolute atomic E-state index is 0.769. The second-order valence-electron chi connectivity index (χ2n) is 4.40. The summed E-state index contributed by atoms with van der Waals surface area (Å²) in [6.07, 6.45) is 0.769. The van der Waals surface area contributed by atoms with Crippen molar-refractivity contribution in [3.8, 4) is 0 Å². The lowest BCUT2D eigenvalue weighted by atomic mass is 10.3. The molecule has 0 spiro atoms. The van der Waals surface area contributed by atoms with E-state index in [9.17, 15) is 0 Å². The Morgan fingerprint density at radius 3 is 2.84 bits per heavy atom. The van der Waals surface area contributed by atoms with E-state index in [1.807, 2.05) is 30.3 Å². The normalized spacial score (nSPS) is 11.2. The van der Waals surface area contributed by atoms with E-state index in [4.69, 9.17) is 4.42 Å². The Bertz CT molecular complexity index is 638. The molecule has 1 aromatic carbocycles. The summed E-state index contributed by atoms with van der Waals surface area (Å²) in [6.45, 7) is 3.83. The molecule has 2 heterocycles. The fraction of sp³-hybridized carbons (Fsp3) is 0.267. The molecule has 0 atom stereocenters. The molecule has 0 aliphatic rings. The van der Waals surface area contributed by atoms with Gasteiger partial charge in [-0.3, -0.25) is 0 Å². The molecule has 0 amide bonds. The predicted octanol–water partition coefficient (Wildman–Crippen LogP) is 3.59. The fourth-order valence-corrected chi connectivity index (χ4v) is 2.98. The second kappa shape index (κ2) is 5.55. The molecule has 0 aliphatic heterocycles. The van der Waals surface area contributed by atoms with Crippen molar-refractivity contribution in [1.82, 2.24) is 10.3 Å². The van der Waals surface area contributed by atoms with Gasteiger partial charge in [-0.25, -0.2) is 4.98 Å². The van der Waals surface area contributed by atoms with E-state index in [0.29, 0.717) is 0 Å². The van der Waals surface area contributed by atoms with Gasteiger partial charge in [0.05, 0.1) is 23.2 Å². The highest BCUT2D eigenvalue weighted by molar-refractivity contribution is 7.18. The van der Waals surface area contributed by atoms with Crippen LogP contribution in [0.5, 0.6) is 0 Å². The van der Waals surface area contributed by atoms with E-state index in [-0.39, 0.29) is 0 Å². The molecule has 0 radical (unpaired) electrons. The third-order valence-electron chi connectivity index (χ3n) is 2.93. The predicted molar refractivity (Wildman–Crippen MR) is 78.5 cm³/mol. The highest BCUT2D eigenvalue weighted by atomic mass is 32.1. The number of hydrogen-bond donors (Lipinski definition) is 1. The summed E-state index contributed by atoms with van der Waals surface area (Å²) < 4.78 is 7.02. The van der Waals surface area contributed by atoms with E-state index in [1.165, 1.54) is 4.70 Å². The zero-order valence-electron chi connectivity index (χ0n) is 10.8. The minimum Gasteiger partial charge on any atom is -0.464 e. The molecule has 3 nitrogen and oxygen atoms in total. The summed E-state index contributed by atoms with van der Waals surface area (Å²) in [7, 11) is 0. The van der Waals surface area contributed by atoms with Gasteiger partial charge in [-0.2, -0.15) is 0 Å². The van der Waals surface area contributed by atoms with Crippen molar-refractivity contribution in [3.05, 3.63) is 52.9 Å². The number of aromatic nitrogens is 1. The van der Waals surface area contributed by atoms with Gasteiger partial charge in [0.25, 0.3) is 0 Å². The zero-order valence-corrected chi connectivity index (χ0v) is 11.7. The van der Waals surface area contributed by atoms with E-state index in [0.717, 1.165) is 41.6 Å². The van der Waals surface area contributed by atoms with Crippen LogP contribution in [0.3, 0.4) is 0 Å². The van der Waals surface area contributed by atoms with Crippen LogP contribution in [-0.4, -0.2) is 11.5 Å². The summed E-state index contributed by atoms with van der Waals surface area (Å²) in [5, 5.41) is 4.36. The molecule has 0 aliphatic carbocycles. The first-order chi connectivity index (χ1) is 9.35. The molecule has 19 heavy (non-hydrogen) atoms. The highest BCUT2D eigenvalue weighted by Gasteiger charge is 2.07. The number of para-hydroxylation sites is 1. The van der Waals surface area contributed by atoms with Gasteiger partial charge in [0.2, 0.25) is 0 Å². The third-order valence-corrected chi connectivity index (χ3v) is 3.97. The molecule has 3 rings (SSSR count). The van der Waals surface area contributed by atoms with Crippen molar-refractivity contribution in [1.29, 1.82) is 0 Å². The van der Waals surface area contributed by atoms with Gasteiger partial charge in [0.15, 0.2) is 0 Å². The third kappa shape index (κ3) is 2.85. The lowest BCUT2D eigenvalue weighted by molar-refractivity contribution is 0.456. The summed E-state index contributed by atoms with van der Waals surface area (Å²) in [4.78, 5) is 4.62. The molecule has 4 heteroatoms. The van der Waals surface area contributed by atoms with E-state index in [1.54, 1.807) is 11.3 Å². The Morgan fingerprint density at radius 1 is 1.16 bits per heavy atom. The van der Waals surface area contributed by atoms with Crippen LogP contribution in [0, 0.1) is 0 Å². The molecular weight excluding hydrogens is 256 g/mol. The zero-order chi connectivity index (χ0) is 13.1. The molecule has 1 N–H and O–H groups in total. The lowest BCUT2D eigenvalue weighted by Gasteiger charge is -1.96. The Labute approximate surface area is 116 Å². The maximum atomic E-state index is 5.79. The second-order valence-corrected chi connectivity index (χ2v) is 5.52. The minimum atomic E-state index is 0.769. The molecule has 2 aromatic heterocycles. The standard InChI is InChI=1S/C15H16N2OS/c1-2-16-10-12-8-7-11(18-12)9-15-17-13-5-3-4-6-14(13)19-15/h3-8,16H,2,9-10H2,1H3. The van der Waals surface area contributed by atoms with E-state index < -0.39 is 0 Å². The van der Waals surface area contributed by atoms with Gasteiger partial charge in [0, 0.05) is 0 Å². The molecule has 0 unspecified atom stereocenters. The number of rotatable bonds is 5. The first kappa shape index (κ1) is 12.4. The lowest BCUT2D eigenvalue weighted by Crippen LogP contribution is -2.10. The van der Waals surface area contributed by atoms with E-state index >= 15 is 0 Å². The van der Waals surface area contributed by atoms with Gasteiger partial charge >= 0.3 is 0 Å². The largest absolute Gasteiger partial charge is 0.464 e.